The van der Waals surface area contributed by atoms with Crippen LogP contribution in [0.1, 0.15) is 26.5 Å². The lowest BCUT2D eigenvalue weighted by molar-refractivity contribution is 0.583. The van der Waals surface area contributed by atoms with E-state index < -0.39 is 0 Å². The zero-order valence-electron chi connectivity index (χ0n) is 15.0. The lowest BCUT2D eigenvalue weighted by atomic mass is 10.1. The van der Waals surface area contributed by atoms with Crippen molar-refractivity contribution in [3.8, 4) is 0 Å². The van der Waals surface area contributed by atoms with E-state index in [0.717, 1.165) is 28.1 Å². The van der Waals surface area contributed by atoms with Crippen LogP contribution in [-0.2, 0) is 0 Å². The first-order valence-corrected chi connectivity index (χ1v) is 8.32. The summed E-state index contributed by atoms with van der Waals surface area (Å²) in [5.74, 6) is 1.40. The van der Waals surface area contributed by atoms with E-state index >= 15 is 0 Å². The van der Waals surface area contributed by atoms with Gasteiger partial charge < -0.3 is 10.6 Å². The van der Waals surface area contributed by atoms with Crippen LogP contribution in [0.3, 0.4) is 0 Å². The lowest BCUT2D eigenvalue weighted by Gasteiger charge is -2.19. The third-order valence-corrected chi connectivity index (χ3v) is 3.46. The Balaban J connectivity index is 2.00. The molecule has 1 aromatic carbocycles. The first-order valence-electron chi connectivity index (χ1n) is 8.32. The van der Waals surface area contributed by atoms with E-state index in [2.05, 4.69) is 47.4 Å². The number of aryl methyl sites for hydroxylation is 1. The molecule has 5 heteroatoms. The third-order valence-electron chi connectivity index (χ3n) is 3.46. The molecule has 3 rings (SSSR count). The summed E-state index contributed by atoms with van der Waals surface area (Å²) < 4.78 is 0. The fourth-order valence-corrected chi connectivity index (χ4v) is 2.52. The summed E-state index contributed by atoms with van der Waals surface area (Å²) in [5.41, 5.74) is 2.64. The largest absolute Gasteiger partial charge is 0.325 e. The molecule has 0 aliphatic heterocycles. The minimum absolute atomic E-state index is 0.234. The maximum Gasteiger partial charge on any atom is 0.202 e. The summed E-state index contributed by atoms with van der Waals surface area (Å²) in [6, 6.07) is 15.8. The molecule has 0 saturated carbocycles. The van der Waals surface area contributed by atoms with Gasteiger partial charge in [0.2, 0.25) is 5.96 Å². The van der Waals surface area contributed by atoms with Crippen molar-refractivity contribution in [1.29, 1.82) is 0 Å². The van der Waals surface area contributed by atoms with Gasteiger partial charge in [-0.3, -0.25) is 4.98 Å². The average Bonchev–Trinajstić information content (AvgIpc) is 2.54. The van der Waals surface area contributed by atoms with Crippen molar-refractivity contribution >= 4 is 28.4 Å². The second kappa shape index (κ2) is 6.89. The minimum Gasteiger partial charge on any atom is -0.325 e. The van der Waals surface area contributed by atoms with E-state index in [0.29, 0.717) is 5.96 Å². The quantitative estimate of drug-likeness (QED) is 0.531. The van der Waals surface area contributed by atoms with Crippen LogP contribution in [0, 0.1) is 6.92 Å². The Bertz CT molecular complexity index is 895. The molecule has 5 nitrogen and oxygen atoms in total. The normalized spacial score (nSPS) is 12.2. The zero-order chi connectivity index (χ0) is 17.9. The van der Waals surface area contributed by atoms with Gasteiger partial charge in [0.1, 0.15) is 5.82 Å². The second-order valence-corrected chi connectivity index (χ2v) is 6.92. The molecule has 0 aliphatic carbocycles. The molecule has 0 unspecified atom stereocenters. The molecule has 0 radical (unpaired) electrons. The van der Waals surface area contributed by atoms with Gasteiger partial charge in [-0.25, -0.2) is 9.98 Å². The Morgan fingerprint density at radius 3 is 2.48 bits per heavy atom. The number of nitrogens with one attached hydrogen (secondary N) is 2. The highest BCUT2D eigenvalue weighted by Crippen LogP contribution is 2.23. The van der Waals surface area contributed by atoms with Crippen molar-refractivity contribution in [3.05, 3.63) is 60.4 Å². The maximum absolute atomic E-state index is 4.77. The number of hydrogen-bond donors (Lipinski definition) is 2. The molecule has 0 amide bonds. The van der Waals surface area contributed by atoms with Crippen LogP contribution in [0.25, 0.3) is 10.9 Å². The Labute approximate surface area is 148 Å². The van der Waals surface area contributed by atoms with Crippen LogP contribution in [-0.4, -0.2) is 21.5 Å². The van der Waals surface area contributed by atoms with Gasteiger partial charge >= 0.3 is 0 Å². The van der Waals surface area contributed by atoms with Gasteiger partial charge in [-0.05, 0) is 52.0 Å². The van der Waals surface area contributed by atoms with E-state index in [1.54, 1.807) is 6.20 Å². The molecule has 0 fully saturated rings. The van der Waals surface area contributed by atoms with Crippen LogP contribution < -0.4 is 10.6 Å². The van der Waals surface area contributed by atoms with Crippen molar-refractivity contribution in [3.63, 3.8) is 0 Å². The van der Waals surface area contributed by atoms with Gasteiger partial charge in [-0.2, -0.15) is 0 Å². The topological polar surface area (TPSA) is 62.2 Å². The molecule has 25 heavy (non-hydrogen) atoms. The predicted molar refractivity (Wildman–Crippen MR) is 105 cm³/mol. The molecule has 0 spiro atoms. The minimum atomic E-state index is -0.234. The molecule has 0 bridgehead atoms. The number of anilines is 2. The van der Waals surface area contributed by atoms with Crippen molar-refractivity contribution in [1.82, 2.24) is 9.97 Å². The van der Waals surface area contributed by atoms with Gasteiger partial charge in [0.15, 0.2) is 0 Å². The molecular weight excluding hydrogens is 310 g/mol. The number of para-hydroxylation sites is 1. The fraction of sp³-hybridized carbons (Fsp3) is 0.250. The number of rotatable bonds is 2. The Kier molecular flexibility index (Phi) is 4.65. The summed E-state index contributed by atoms with van der Waals surface area (Å²) in [7, 11) is 0. The average molecular weight is 333 g/mol. The molecule has 2 N–H and O–H groups in total. The lowest BCUT2D eigenvalue weighted by Crippen LogP contribution is -2.27. The van der Waals surface area contributed by atoms with E-state index in [1.807, 2.05) is 49.4 Å². The van der Waals surface area contributed by atoms with Crippen LogP contribution in [0.5, 0.6) is 0 Å². The highest BCUT2D eigenvalue weighted by Gasteiger charge is 2.13. The Hall–Kier alpha value is -2.95. The molecular formula is C20H23N5. The zero-order valence-corrected chi connectivity index (χ0v) is 15.0. The third kappa shape index (κ3) is 4.53. The summed E-state index contributed by atoms with van der Waals surface area (Å²) in [5, 5.41) is 7.76. The van der Waals surface area contributed by atoms with Gasteiger partial charge in [0.25, 0.3) is 0 Å². The Morgan fingerprint density at radius 1 is 1.00 bits per heavy atom. The summed E-state index contributed by atoms with van der Waals surface area (Å²) in [6.07, 6.45) is 1.75. The number of guanidine groups is 1. The first-order chi connectivity index (χ1) is 11.9. The highest BCUT2D eigenvalue weighted by molar-refractivity contribution is 6.08. The summed E-state index contributed by atoms with van der Waals surface area (Å²) >= 11 is 0. The van der Waals surface area contributed by atoms with Crippen molar-refractivity contribution in [2.24, 2.45) is 4.99 Å². The second-order valence-electron chi connectivity index (χ2n) is 6.92. The number of fused-ring (bicyclic) bond motifs is 1. The van der Waals surface area contributed by atoms with Crippen LogP contribution in [0.15, 0.2) is 59.7 Å². The number of pyridine rings is 2. The van der Waals surface area contributed by atoms with Crippen molar-refractivity contribution in [2.45, 2.75) is 33.2 Å². The van der Waals surface area contributed by atoms with E-state index in [1.165, 1.54) is 0 Å². The monoisotopic (exact) mass is 333 g/mol. The molecule has 3 aromatic rings. The number of nitrogens with zero attached hydrogens (tertiary/aromatic N) is 3. The maximum atomic E-state index is 4.77. The standard InChI is InChI=1S/C20H23N5/c1-14-13-17(15-9-5-6-10-16(15)22-14)23-19(25-20(2,3)4)24-18-11-7-8-12-21-18/h5-13H,1-4H3,(H2,21,22,23,24,25). The molecule has 0 saturated heterocycles. The number of benzene rings is 1. The van der Waals surface area contributed by atoms with Gasteiger partial charge in [-0.15, -0.1) is 0 Å². The fourth-order valence-electron chi connectivity index (χ4n) is 2.52. The SMILES string of the molecule is Cc1cc(NC(=NC(C)(C)C)Nc2ccccn2)c2ccccc2n1. The van der Waals surface area contributed by atoms with E-state index in [9.17, 15) is 0 Å². The molecule has 0 aliphatic rings. The number of hydrogen-bond acceptors (Lipinski definition) is 3. The smallest absolute Gasteiger partial charge is 0.202 e. The van der Waals surface area contributed by atoms with Crippen molar-refractivity contribution < 1.29 is 0 Å². The van der Waals surface area contributed by atoms with E-state index in [4.69, 9.17) is 4.99 Å². The van der Waals surface area contributed by atoms with Gasteiger partial charge in [0.05, 0.1) is 16.7 Å². The molecule has 2 heterocycles. The summed E-state index contributed by atoms with van der Waals surface area (Å²) in [6.45, 7) is 8.17. The van der Waals surface area contributed by atoms with Crippen LogP contribution >= 0.6 is 0 Å². The number of aliphatic imine (C=N–C) groups is 1. The number of aromatic nitrogens is 2. The highest BCUT2D eigenvalue weighted by atomic mass is 15.2. The Morgan fingerprint density at radius 2 is 1.76 bits per heavy atom. The van der Waals surface area contributed by atoms with E-state index in [-0.39, 0.29) is 5.54 Å². The van der Waals surface area contributed by atoms with Gasteiger partial charge in [0, 0.05) is 17.3 Å². The van der Waals surface area contributed by atoms with Crippen LogP contribution in [0.2, 0.25) is 0 Å². The molecule has 2 aromatic heterocycles. The first kappa shape index (κ1) is 16.9. The molecule has 128 valence electrons. The molecule has 0 atom stereocenters. The predicted octanol–water partition coefficient (Wildman–Crippen LogP) is 4.62. The van der Waals surface area contributed by atoms with Crippen molar-refractivity contribution in [2.75, 3.05) is 10.6 Å². The van der Waals surface area contributed by atoms with Crippen LogP contribution in [0.4, 0.5) is 11.5 Å². The van der Waals surface area contributed by atoms with Gasteiger partial charge in [-0.1, -0.05) is 24.3 Å². The summed E-state index contributed by atoms with van der Waals surface area (Å²) in [4.78, 5) is 13.7.